The van der Waals surface area contributed by atoms with Crippen molar-refractivity contribution in [1.29, 1.82) is 0 Å². The Morgan fingerprint density at radius 3 is 2.69 bits per heavy atom. The molecule has 1 fully saturated rings. The zero-order valence-corrected chi connectivity index (χ0v) is 21.1. The lowest BCUT2D eigenvalue weighted by molar-refractivity contribution is -0.153. The van der Waals surface area contributed by atoms with Gasteiger partial charge in [0, 0.05) is 33.2 Å². The Kier molecular flexibility index (Phi) is 6.91. The van der Waals surface area contributed by atoms with Crippen molar-refractivity contribution in [1.82, 2.24) is 31.0 Å². The topological polar surface area (TPSA) is 124 Å². The van der Waals surface area contributed by atoms with Gasteiger partial charge in [-0.15, -0.1) is 11.3 Å². The quantitative estimate of drug-likeness (QED) is 0.549. The zero-order valence-electron chi connectivity index (χ0n) is 20.3. The zero-order chi connectivity index (χ0) is 25.3. The molecule has 0 saturated carbocycles. The Morgan fingerprint density at radius 1 is 1.20 bits per heavy atom. The Bertz CT molecular complexity index is 1180. The van der Waals surface area contributed by atoms with E-state index in [1.165, 1.54) is 7.05 Å². The highest BCUT2D eigenvalue weighted by Gasteiger charge is 2.47. The molecule has 0 aliphatic carbocycles. The molecule has 0 unspecified atom stereocenters. The lowest BCUT2D eigenvalue weighted by Gasteiger charge is -2.34. The van der Waals surface area contributed by atoms with Crippen LogP contribution in [0.2, 0.25) is 0 Å². The molecule has 2 atom stereocenters. The van der Waals surface area contributed by atoms with E-state index in [1.807, 2.05) is 29.3 Å². The minimum atomic E-state index is -1.22. The lowest BCUT2D eigenvalue weighted by Crippen LogP contribution is -2.57. The van der Waals surface area contributed by atoms with Gasteiger partial charge in [-0.3, -0.25) is 24.2 Å². The maximum absolute atomic E-state index is 13.6. The number of thiazole rings is 1. The Hall–Kier alpha value is -3.31. The van der Waals surface area contributed by atoms with Crippen LogP contribution in [0.25, 0.3) is 0 Å². The molecular formula is C24H30N6O4S. The number of hydrogen-bond donors (Lipinski definition) is 3. The summed E-state index contributed by atoms with van der Waals surface area (Å²) in [6.45, 7) is 7.21. The molecule has 0 radical (unpaired) electrons. The molecule has 35 heavy (non-hydrogen) atoms. The van der Waals surface area contributed by atoms with Gasteiger partial charge >= 0.3 is 0 Å². The minimum absolute atomic E-state index is 0.0685. The van der Waals surface area contributed by atoms with Crippen molar-refractivity contribution in [3.05, 3.63) is 51.0 Å². The number of benzene rings is 1. The van der Waals surface area contributed by atoms with Gasteiger partial charge in [0.05, 0.1) is 11.6 Å². The van der Waals surface area contributed by atoms with Crippen molar-refractivity contribution in [2.45, 2.75) is 39.3 Å². The molecule has 4 rings (SSSR count). The molecule has 2 aliphatic heterocycles. The number of carbonyl (C=O) groups excluding carboxylic acids is 4. The molecule has 0 spiro atoms. The average molecular weight is 499 g/mol. The van der Waals surface area contributed by atoms with Crippen LogP contribution in [-0.4, -0.2) is 65.3 Å². The van der Waals surface area contributed by atoms with Gasteiger partial charge in [-0.1, -0.05) is 31.2 Å². The maximum atomic E-state index is 13.6. The smallest absolute Gasteiger partial charge is 0.280 e. The molecule has 1 saturated heterocycles. The molecule has 11 heteroatoms. The van der Waals surface area contributed by atoms with Crippen LogP contribution < -0.4 is 16.0 Å². The van der Waals surface area contributed by atoms with Gasteiger partial charge in [-0.25, -0.2) is 9.99 Å². The first kappa shape index (κ1) is 24.8. The third-order valence-electron chi connectivity index (χ3n) is 6.51. The number of nitrogens with zero attached hydrogens (tertiary/aromatic N) is 3. The Labute approximate surface area is 208 Å². The normalized spacial score (nSPS) is 20.5. The molecule has 186 valence electrons. The second-order valence-electron chi connectivity index (χ2n) is 9.07. The number of hydrazine groups is 1. The van der Waals surface area contributed by atoms with E-state index >= 15 is 0 Å². The highest BCUT2D eigenvalue weighted by Crippen LogP contribution is 2.34. The van der Waals surface area contributed by atoms with E-state index in [-0.39, 0.29) is 29.3 Å². The lowest BCUT2D eigenvalue weighted by atomic mass is 9.86. The van der Waals surface area contributed by atoms with Crippen molar-refractivity contribution in [2.75, 3.05) is 26.7 Å². The summed E-state index contributed by atoms with van der Waals surface area (Å²) >= 11 is 1.00. The van der Waals surface area contributed by atoms with Crippen molar-refractivity contribution >= 4 is 35.0 Å². The van der Waals surface area contributed by atoms with Gasteiger partial charge in [-0.05, 0) is 31.4 Å². The third-order valence-corrected chi connectivity index (χ3v) is 7.67. The van der Waals surface area contributed by atoms with Crippen molar-refractivity contribution in [2.24, 2.45) is 5.92 Å². The number of nitrogens with one attached hydrogen (secondary N) is 3. The van der Waals surface area contributed by atoms with E-state index in [0.717, 1.165) is 35.4 Å². The van der Waals surface area contributed by atoms with Gasteiger partial charge in [0.2, 0.25) is 5.91 Å². The van der Waals surface area contributed by atoms with Crippen molar-refractivity contribution in [3.8, 4) is 0 Å². The van der Waals surface area contributed by atoms with Crippen LogP contribution in [-0.2, 0) is 21.7 Å². The molecule has 1 aromatic carbocycles. The molecule has 1 aromatic heterocycles. The second kappa shape index (κ2) is 9.74. The minimum Gasteiger partial charge on any atom is -0.353 e. The summed E-state index contributed by atoms with van der Waals surface area (Å²) in [5.41, 5.74) is 1.01. The fourth-order valence-corrected chi connectivity index (χ4v) is 5.42. The molecule has 3 heterocycles. The molecule has 3 N–H and O–H groups in total. The molecular weight excluding hydrogens is 468 g/mol. The highest BCUT2D eigenvalue weighted by atomic mass is 32.1. The standard InChI is InChI=1S/C24H30N6O4S/c1-14(12-26-20(32)18-15(2)27-22(35-18)21(33)25-4)19(31)28-24(3)17-9-6-5-8-16(17)13-29-10-7-11-30(29)23(24)34/h5-6,8-9,14H,7,10-13H2,1-4H3,(H,25,33)(H,26,32)(H,28,31)/t14-,24+/m1/s1. The first-order valence-electron chi connectivity index (χ1n) is 11.6. The van der Waals surface area contributed by atoms with E-state index in [9.17, 15) is 19.2 Å². The maximum Gasteiger partial charge on any atom is 0.280 e. The van der Waals surface area contributed by atoms with Crippen LogP contribution in [0.5, 0.6) is 0 Å². The van der Waals surface area contributed by atoms with Crippen molar-refractivity contribution < 1.29 is 19.2 Å². The summed E-state index contributed by atoms with van der Waals surface area (Å²) in [5, 5.41) is 12.2. The second-order valence-corrected chi connectivity index (χ2v) is 10.1. The van der Waals surface area contributed by atoms with Crippen molar-refractivity contribution in [3.63, 3.8) is 0 Å². The number of hydrogen-bond acceptors (Lipinski definition) is 7. The van der Waals surface area contributed by atoms with Gasteiger partial charge in [0.1, 0.15) is 10.4 Å². The van der Waals surface area contributed by atoms with E-state index in [4.69, 9.17) is 0 Å². The molecule has 2 aliphatic rings. The first-order valence-corrected chi connectivity index (χ1v) is 12.4. The van der Waals surface area contributed by atoms with E-state index < -0.39 is 17.4 Å². The third kappa shape index (κ3) is 4.65. The summed E-state index contributed by atoms with van der Waals surface area (Å²) in [5.74, 6) is -1.85. The highest BCUT2D eigenvalue weighted by molar-refractivity contribution is 7.15. The van der Waals surface area contributed by atoms with Gasteiger partial charge in [-0.2, -0.15) is 0 Å². The number of amides is 4. The average Bonchev–Trinajstić information content (AvgIpc) is 3.45. The fraction of sp³-hybridized carbons (Fsp3) is 0.458. The van der Waals surface area contributed by atoms with E-state index in [0.29, 0.717) is 23.7 Å². The van der Waals surface area contributed by atoms with Crippen LogP contribution in [0.4, 0.5) is 0 Å². The van der Waals surface area contributed by atoms with Crippen LogP contribution in [0, 0.1) is 12.8 Å². The predicted molar refractivity (Wildman–Crippen MR) is 130 cm³/mol. The summed E-state index contributed by atoms with van der Waals surface area (Å²) in [7, 11) is 1.50. The summed E-state index contributed by atoms with van der Waals surface area (Å²) in [6, 6.07) is 7.69. The summed E-state index contributed by atoms with van der Waals surface area (Å²) in [6.07, 6.45) is 0.888. The summed E-state index contributed by atoms with van der Waals surface area (Å²) in [4.78, 5) is 55.8. The van der Waals surface area contributed by atoms with E-state index in [1.54, 1.807) is 25.8 Å². The molecule has 4 amide bonds. The van der Waals surface area contributed by atoms with Gasteiger partial charge < -0.3 is 16.0 Å². The fourth-order valence-electron chi connectivity index (χ4n) is 4.50. The van der Waals surface area contributed by atoms with E-state index in [2.05, 4.69) is 20.9 Å². The molecule has 0 bridgehead atoms. The van der Waals surface area contributed by atoms with Crippen LogP contribution in [0.15, 0.2) is 24.3 Å². The number of rotatable bonds is 6. The SMILES string of the molecule is CNC(=O)c1nc(C)c(C(=O)NC[C@@H](C)C(=O)N[C@]2(C)C(=O)N3CCCN3Cc3ccccc32)s1. The number of fused-ring (bicyclic) bond motifs is 2. The van der Waals surface area contributed by atoms with Crippen LogP contribution >= 0.6 is 11.3 Å². The monoisotopic (exact) mass is 498 g/mol. The van der Waals surface area contributed by atoms with Gasteiger partial charge in [0.25, 0.3) is 17.7 Å². The number of aromatic nitrogens is 1. The van der Waals surface area contributed by atoms with Gasteiger partial charge in [0.15, 0.2) is 5.01 Å². The molecule has 2 aromatic rings. The Morgan fingerprint density at radius 2 is 1.94 bits per heavy atom. The summed E-state index contributed by atoms with van der Waals surface area (Å²) < 4.78 is 0. The largest absolute Gasteiger partial charge is 0.353 e. The predicted octanol–water partition coefficient (Wildman–Crippen LogP) is 1.17. The van der Waals surface area contributed by atoms with Crippen LogP contribution in [0.3, 0.4) is 0 Å². The molecule has 10 nitrogen and oxygen atoms in total. The number of aryl methyl sites for hydroxylation is 1. The van der Waals surface area contributed by atoms with Crippen LogP contribution in [0.1, 0.15) is 56.6 Å². The Balaban J connectivity index is 1.47. The first-order chi connectivity index (χ1) is 16.7. The number of carbonyl (C=O) groups is 4.